The largest absolute Gasteiger partial charge is 0.467 e. The third-order valence-electron chi connectivity index (χ3n) is 3.16. The van der Waals surface area contributed by atoms with Crippen LogP contribution in [0.4, 0.5) is 0 Å². The molecule has 0 saturated carbocycles. The minimum absolute atomic E-state index is 0.577. The second kappa shape index (κ2) is 8.39. The van der Waals surface area contributed by atoms with Gasteiger partial charge in [-0.05, 0) is 13.8 Å². The maximum Gasteiger partial charge on any atom is 0.338 e. The number of hydrazine groups is 1. The summed E-state index contributed by atoms with van der Waals surface area (Å²) in [7, 11) is 1.12. The van der Waals surface area contributed by atoms with E-state index in [4.69, 9.17) is 16.2 Å². The predicted octanol–water partition coefficient (Wildman–Crippen LogP) is -3.88. The molecule has 2 unspecified atom stereocenters. The molecule has 1 saturated heterocycles. The van der Waals surface area contributed by atoms with Crippen LogP contribution in [0, 0.1) is 0 Å². The van der Waals surface area contributed by atoms with Crippen molar-refractivity contribution in [3.05, 3.63) is 0 Å². The van der Waals surface area contributed by atoms with Gasteiger partial charge in [-0.3, -0.25) is 24.6 Å². The first-order valence-electron chi connectivity index (χ1n) is 7.27. The highest BCUT2D eigenvalue weighted by molar-refractivity contribution is 5.96. The first kappa shape index (κ1) is 20.3. The highest BCUT2D eigenvalue weighted by Gasteiger charge is 2.53. The molecule has 1 aliphatic rings. The summed E-state index contributed by atoms with van der Waals surface area (Å²) in [5, 5.41) is 2.94. The number of nitrogens with zero attached hydrogens (tertiary/aromatic N) is 1. The van der Waals surface area contributed by atoms with Gasteiger partial charge in [0.1, 0.15) is 12.6 Å². The van der Waals surface area contributed by atoms with E-state index in [0.717, 1.165) is 7.11 Å². The Bertz CT molecular complexity index is 579. The Labute approximate surface area is 143 Å². The molecule has 1 rings (SSSR count). The first-order chi connectivity index (χ1) is 11.6. The number of methoxy groups -OCH3 is 1. The van der Waals surface area contributed by atoms with E-state index in [1.807, 2.05) is 0 Å². The molecule has 1 fully saturated rings. The number of epoxide rings is 1. The van der Waals surface area contributed by atoms with Crippen LogP contribution in [0.5, 0.6) is 0 Å². The summed E-state index contributed by atoms with van der Waals surface area (Å²) in [6, 6.07) is -1.88. The molecule has 12 heteroatoms. The van der Waals surface area contributed by atoms with Gasteiger partial charge in [0.25, 0.3) is 11.8 Å². The zero-order chi connectivity index (χ0) is 19.3. The van der Waals surface area contributed by atoms with Gasteiger partial charge < -0.3 is 26.3 Å². The molecule has 4 amide bonds. The van der Waals surface area contributed by atoms with Gasteiger partial charge >= 0.3 is 5.97 Å². The molecule has 6 N–H and O–H groups in total. The maximum atomic E-state index is 12.2. The van der Waals surface area contributed by atoms with Crippen LogP contribution in [0.2, 0.25) is 0 Å². The monoisotopic (exact) mass is 359 g/mol. The summed E-state index contributed by atoms with van der Waals surface area (Å²) in [6.45, 7) is 2.14. The number of hydrogen-bond donors (Lipinski definition) is 4. The Morgan fingerprint density at radius 3 is 2.24 bits per heavy atom. The molecule has 140 valence electrons. The van der Waals surface area contributed by atoms with E-state index in [2.05, 4.69) is 15.5 Å². The summed E-state index contributed by atoms with van der Waals surface area (Å²) in [5.41, 5.74) is 12.6. The number of nitrogens with two attached hydrogens (primary N) is 2. The van der Waals surface area contributed by atoms with Crippen LogP contribution in [-0.2, 0) is 33.4 Å². The number of nitrogens with one attached hydrogen (secondary N) is 2. The molecule has 4 atom stereocenters. The molecular weight excluding hydrogens is 338 g/mol. The minimum Gasteiger partial charge on any atom is -0.467 e. The van der Waals surface area contributed by atoms with Crippen molar-refractivity contribution < 1.29 is 33.4 Å². The van der Waals surface area contributed by atoms with E-state index in [1.54, 1.807) is 0 Å². The van der Waals surface area contributed by atoms with E-state index in [1.165, 1.54) is 13.8 Å². The van der Waals surface area contributed by atoms with Crippen molar-refractivity contribution in [1.29, 1.82) is 0 Å². The number of hydrogen-bond acceptors (Lipinski definition) is 8. The average molecular weight is 359 g/mol. The Kier molecular flexibility index (Phi) is 6.82. The van der Waals surface area contributed by atoms with Gasteiger partial charge in [-0.15, -0.1) is 0 Å². The van der Waals surface area contributed by atoms with E-state index in [0.29, 0.717) is 5.01 Å². The fraction of sp³-hybridized carbons (Fsp3) is 0.615. The lowest BCUT2D eigenvalue weighted by Gasteiger charge is -2.24. The molecule has 1 aliphatic heterocycles. The third kappa shape index (κ3) is 5.69. The lowest BCUT2D eigenvalue weighted by atomic mass is 10.2. The highest BCUT2D eigenvalue weighted by Crippen LogP contribution is 2.24. The van der Waals surface area contributed by atoms with Gasteiger partial charge in [-0.25, -0.2) is 9.80 Å². The third-order valence-corrected chi connectivity index (χ3v) is 3.16. The number of ether oxygens (including phenoxy) is 2. The molecular formula is C13H21N5O7. The van der Waals surface area contributed by atoms with Crippen LogP contribution in [0.25, 0.3) is 0 Å². The number of carbonyl (C=O) groups is 5. The predicted molar refractivity (Wildman–Crippen MR) is 81.0 cm³/mol. The van der Waals surface area contributed by atoms with E-state index >= 15 is 0 Å². The van der Waals surface area contributed by atoms with Crippen molar-refractivity contribution in [3.8, 4) is 0 Å². The van der Waals surface area contributed by atoms with Gasteiger partial charge in [0, 0.05) is 0 Å². The standard InChI is InChI=1S/C13H21N5O7/c1-5(14)10(20)16-6(2)11(21)17-18(4-7(15)19)12(22)8-9(25-8)13(23)24-3/h5-6,8-9H,4,14H2,1-3H3,(H2,15,19)(H,16,20)(H,17,21)/t5?,6?,8-,9+/m0/s1. The van der Waals surface area contributed by atoms with Crippen molar-refractivity contribution in [2.75, 3.05) is 13.7 Å². The van der Waals surface area contributed by atoms with Crippen molar-refractivity contribution in [2.45, 2.75) is 38.1 Å². The van der Waals surface area contributed by atoms with Crippen molar-refractivity contribution >= 4 is 29.6 Å². The molecule has 0 aromatic carbocycles. The summed E-state index contributed by atoms with van der Waals surface area (Å²) in [4.78, 5) is 58.2. The lowest BCUT2D eigenvalue weighted by Crippen LogP contribution is -2.57. The van der Waals surface area contributed by atoms with Gasteiger partial charge in [-0.2, -0.15) is 0 Å². The Morgan fingerprint density at radius 2 is 1.76 bits per heavy atom. The van der Waals surface area contributed by atoms with Crippen LogP contribution < -0.4 is 22.2 Å². The highest BCUT2D eigenvalue weighted by atomic mass is 16.6. The fourth-order valence-electron chi connectivity index (χ4n) is 1.72. The van der Waals surface area contributed by atoms with Crippen molar-refractivity contribution in [1.82, 2.24) is 15.8 Å². The Hall–Kier alpha value is -2.73. The zero-order valence-corrected chi connectivity index (χ0v) is 14.0. The van der Waals surface area contributed by atoms with Crippen LogP contribution in [0.3, 0.4) is 0 Å². The molecule has 0 radical (unpaired) electrons. The van der Waals surface area contributed by atoms with Gasteiger partial charge in [0.05, 0.1) is 13.2 Å². The summed E-state index contributed by atoms with van der Waals surface area (Å²) in [6.07, 6.45) is -2.30. The number of amides is 4. The van der Waals surface area contributed by atoms with Gasteiger partial charge in [-0.1, -0.05) is 0 Å². The second-order valence-electron chi connectivity index (χ2n) is 5.39. The normalized spacial score (nSPS) is 20.6. The molecule has 0 aliphatic carbocycles. The van der Waals surface area contributed by atoms with Crippen molar-refractivity contribution in [3.63, 3.8) is 0 Å². The number of carbonyl (C=O) groups excluding carboxylic acids is 5. The van der Waals surface area contributed by atoms with Crippen LogP contribution >= 0.6 is 0 Å². The Morgan fingerprint density at radius 1 is 1.16 bits per heavy atom. The number of esters is 1. The quantitative estimate of drug-likeness (QED) is 0.202. The molecule has 0 bridgehead atoms. The molecule has 1 heterocycles. The first-order valence-corrected chi connectivity index (χ1v) is 7.27. The topological polar surface area (TPSA) is 186 Å². The fourth-order valence-corrected chi connectivity index (χ4v) is 1.72. The molecule has 0 aromatic heterocycles. The van der Waals surface area contributed by atoms with Crippen LogP contribution in [0.1, 0.15) is 13.8 Å². The van der Waals surface area contributed by atoms with Crippen molar-refractivity contribution in [2.24, 2.45) is 11.5 Å². The van der Waals surface area contributed by atoms with Gasteiger partial charge in [0.2, 0.25) is 11.8 Å². The Balaban J connectivity index is 2.71. The number of rotatable bonds is 7. The van der Waals surface area contributed by atoms with Crippen LogP contribution in [-0.4, -0.2) is 72.6 Å². The molecule has 12 nitrogen and oxygen atoms in total. The summed E-state index contributed by atoms with van der Waals surface area (Å²) < 4.78 is 9.30. The van der Waals surface area contributed by atoms with Crippen LogP contribution in [0.15, 0.2) is 0 Å². The van der Waals surface area contributed by atoms with Gasteiger partial charge in [0.15, 0.2) is 12.2 Å². The minimum atomic E-state index is -1.19. The molecule has 0 spiro atoms. The lowest BCUT2D eigenvalue weighted by molar-refractivity contribution is -0.146. The van der Waals surface area contributed by atoms with E-state index in [9.17, 15) is 24.0 Å². The maximum absolute atomic E-state index is 12.2. The smallest absolute Gasteiger partial charge is 0.338 e. The van der Waals surface area contributed by atoms with E-state index < -0.39 is 60.4 Å². The zero-order valence-electron chi connectivity index (χ0n) is 14.0. The summed E-state index contributed by atoms with van der Waals surface area (Å²) >= 11 is 0. The molecule has 0 aromatic rings. The molecule has 25 heavy (non-hydrogen) atoms. The SMILES string of the molecule is COC(=O)[C@@H]1O[C@@H]1C(=O)N(CC(N)=O)NC(=O)C(C)NC(=O)C(C)N. The summed E-state index contributed by atoms with van der Waals surface area (Å²) in [5.74, 6) is -3.89. The number of primary amides is 1. The second-order valence-corrected chi connectivity index (χ2v) is 5.39. The average Bonchev–Trinajstić information content (AvgIpc) is 3.32. The van der Waals surface area contributed by atoms with E-state index in [-0.39, 0.29) is 0 Å².